The van der Waals surface area contributed by atoms with Crippen LogP contribution in [0.15, 0.2) is 35.5 Å². The van der Waals surface area contributed by atoms with Gasteiger partial charge in [0, 0.05) is 23.8 Å². The van der Waals surface area contributed by atoms with Gasteiger partial charge in [0.2, 0.25) is 5.91 Å². The molecule has 1 heterocycles. The maximum atomic E-state index is 12.9. The number of esters is 1. The van der Waals surface area contributed by atoms with E-state index in [2.05, 4.69) is 10.6 Å². The molecule has 1 aromatic carbocycles. The molecule has 1 aliphatic heterocycles. The number of hydrogen-bond acceptors (Lipinski definition) is 4. The van der Waals surface area contributed by atoms with Crippen LogP contribution in [-0.4, -0.2) is 35.5 Å². The van der Waals surface area contributed by atoms with Gasteiger partial charge in [-0.05, 0) is 44.9 Å². The second-order valence-electron chi connectivity index (χ2n) is 7.76. The minimum absolute atomic E-state index is 0.102. The smallest absolute Gasteiger partial charge is 0.338 e. The van der Waals surface area contributed by atoms with E-state index >= 15 is 0 Å². The average molecular weight is 402 g/mol. The minimum atomic E-state index is -0.655. The first kappa shape index (κ1) is 22.5. The van der Waals surface area contributed by atoms with Crippen molar-refractivity contribution in [2.24, 2.45) is 5.92 Å². The molecule has 0 saturated heterocycles. The highest BCUT2D eigenvalue weighted by atomic mass is 16.5. The quantitative estimate of drug-likeness (QED) is 0.677. The van der Waals surface area contributed by atoms with Crippen LogP contribution >= 0.6 is 0 Å². The zero-order valence-electron chi connectivity index (χ0n) is 18.0. The van der Waals surface area contributed by atoms with Crippen molar-refractivity contribution in [2.75, 3.05) is 11.9 Å². The zero-order valence-corrected chi connectivity index (χ0v) is 18.0. The molecule has 158 valence electrons. The van der Waals surface area contributed by atoms with Crippen LogP contribution in [0.25, 0.3) is 0 Å². The van der Waals surface area contributed by atoms with Crippen molar-refractivity contribution >= 4 is 23.6 Å². The number of benzene rings is 1. The van der Waals surface area contributed by atoms with Gasteiger partial charge in [0.05, 0.1) is 17.7 Å². The number of amides is 3. The molecule has 29 heavy (non-hydrogen) atoms. The molecule has 1 aromatic rings. The number of nitrogens with one attached hydrogen (secondary N) is 2. The first-order valence-electron chi connectivity index (χ1n) is 10.1. The molecular formula is C22H31N3O4. The Hall–Kier alpha value is -2.83. The van der Waals surface area contributed by atoms with E-state index < -0.39 is 12.0 Å². The van der Waals surface area contributed by atoms with Crippen molar-refractivity contribution in [2.45, 2.75) is 60.1 Å². The van der Waals surface area contributed by atoms with Crippen molar-refractivity contribution in [1.82, 2.24) is 10.2 Å². The van der Waals surface area contributed by atoms with Crippen LogP contribution in [0.4, 0.5) is 10.5 Å². The third-order valence-electron chi connectivity index (χ3n) is 4.62. The zero-order chi connectivity index (χ0) is 21.7. The molecule has 1 atom stereocenters. The number of carbonyl (C=O) groups is 3. The fourth-order valence-corrected chi connectivity index (χ4v) is 3.15. The van der Waals surface area contributed by atoms with E-state index in [1.54, 1.807) is 43.9 Å². The van der Waals surface area contributed by atoms with E-state index in [4.69, 9.17) is 4.74 Å². The lowest BCUT2D eigenvalue weighted by Gasteiger charge is -2.35. The summed E-state index contributed by atoms with van der Waals surface area (Å²) >= 11 is 0. The fraction of sp³-hybridized carbons (Fsp3) is 0.500. The predicted molar refractivity (Wildman–Crippen MR) is 112 cm³/mol. The van der Waals surface area contributed by atoms with Crippen molar-refractivity contribution in [3.8, 4) is 0 Å². The van der Waals surface area contributed by atoms with Gasteiger partial charge in [0.1, 0.15) is 0 Å². The number of rotatable bonds is 7. The van der Waals surface area contributed by atoms with Crippen molar-refractivity contribution in [1.29, 1.82) is 0 Å². The molecule has 7 heteroatoms. The van der Waals surface area contributed by atoms with Crippen LogP contribution in [0.2, 0.25) is 0 Å². The summed E-state index contributed by atoms with van der Waals surface area (Å²) in [5.74, 6) is -0.718. The number of urea groups is 1. The van der Waals surface area contributed by atoms with Gasteiger partial charge in [-0.25, -0.2) is 9.59 Å². The molecule has 1 unspecified atom stereocenters. The van der Waals surface area contributed by atoms with Crippen LogP contribution in [0.1, 0.15) is 59.6 Å². The van der Waals surface area contributed by atoms with E-state index in [1.807, 2.05) is 26.8 Å². The highest BCUT2D eigenvalue weighted by Crippen LogP contribution is 2.32. The summed E-state index contributed by atoms with van der Waals surface area (Å²) in [6.07, 6.45) is 0.482. The summed E-state index contributed by atoms with van der Waals surface area (Å²) in [4.78, 5) is 39.2. The van der Waals surface area contributed by atoms with Gasteiger partial charge in [0.25, 0.3) is 0 Å². The van der Waals surface area contributed by atoms with Crippen LogP contribution < -0.4 is 10.6 Å². The van der Waals surface area contributed by atoms with Crippen molar-refractivity contribution in [3.05, 3.63) is 41.1 Å². The SMILES string of the molecule is CCCN1C(=O)NC(c2cccc(NC(=O)C(C)C)c2)C(C(=O)OC(C)C)=C1C. The van der Waals surface area contributed by atoms with Crippen molar-refractivity contribution < 1.29 is 19.1 Å². The molecule has 3 amide bonds. The molecule has 2 rings (SSSR count). The maximum absolute atomic E-state index is 12.9. The van der Waals surface area contributed by atoms with E-state index in [9.17, 15) is 14.4 Å². The van der Waals surface area contributed by atoms with Crippen LogP contribution in [-0.2, 0) is 14.3 Å². The Balaban J connectivity index is 2.47. The summed E-state index contributed by atoms with van der Waals surface area (Å²) in [6.45, 7) is 11.5. The molecule has 0 fully saturated rings. The normalized spacial score (nSPS) is 16.9. The Labute approximate surface area is 172 Å². The average Bonchev–Trinajstić information content (AvgIpc) is 2.64. The van der Waals surface area contributed by atoms with Gasteiger partial charge in [0.15, 0.2) is 0 Å². The lowest BCUT2D eigenvalue weighted by molar-refractivity contribution is -0.143. The van der Waals surface area contributed by atoms with Gasteiger partial charge in [-0.3, -0.25) is 9.69 Å². The number of nitrogens with zero attached hydrogens (tertiary/aromatic N) is 1. The molecule has 0 saturated carbocycles. The molecule has 1 aliphatic rings. The number of carbonyl (C=O) groups excluding carboxylic acids is 3. The summed E-state index contributed by atoms with van der Waals surface area (Å²) < 4.78 is 5.46. The molecule has 7 nitrogen and oxygen atoms in total. The number of anilines is 1. The first-order valence-corrected chi connectivity index (χ1v) is 10.1. The van der Waals surface area contributed by atoms with Crippen molar-refractivity contribution in [3.63, 3.8) is 0 Å². The standard InChI is InChI=1S/C22H31N3O4/c1-7-11-25-15(6)18(21(27)29-14(4)5)19(24-22(25)28)16-9-8-10-17(12-16)23-20(26)13(2)3/h8-10,12-14,19H,7,11H2,1-6H3,(H,23,26)(H,24,28). The Bertz CT molecular complexity index is 814. The number of hydrogen-bond donors (Lipinski definition) is 2. The van der Waals surface area contributed by atoms with Crippen LogP contribution in [0.5, 0.6) is 0 Å². The molecule has 0 aliphatic carbocycles. The predicted octanol–water partition coefficient (Wildman–Crippen LogP) is 3.98. The largest absolute Gasteiger partial charge is 0.459 e. The molecule has 2 N–H and O–H groups in total. The highest BCUT2D eigenvalue weighted by molar-refractivity contribution is 5.95. The first-order chi connectivity index (χ1) is 13.6. The minimum Gasteiger partial charge on any atom is -0.459 e. The summed E-state index contributed by atoms with van der Waals surface area (Å²) in [6, 6.07) is 6.25. The second kappa shape index (κ2) is 9.58. The highest BCUT2D eigenvalue weighted by Gasteiger charge is 2.36. The lowest BCUT2D eigenvalue weighted by atomic mass is 9.94. The Morgan fingerprint density at radius 1 is 1.24 bits per heavy atom. The van der Waals surface area contributed by atoms with Gasteiger partial charge in [-0.15, -0.1) is 0 Å². The second-order valence-corrected chi connectivity index (χ2v) is 7.76. The third kappa shape index (κ3) is 5.37. The Kier molecular flexibility index (Phi) is 7.42. The monoisotopic (exact) mass is 401 g/mol. The van der Waals surface area contributed by atoms with Gasteiger partial charge < -0.3 is 15.4 Å². The Morgan fingerprint density at radius 2 is 1.93 bits per heavy atom. The van der Waals surface area contributed by atoms with E-state index in [1.165, 1.54) is 0 Å². The molecule has 0 aromatic heterocycles. The van der Waals surface area contributed by atoms with E-state index in [-0.39, 0.29) is 24.0 Å². The van der Waals surface area contributed by atoms with Crippen LogP contribution in [0, 0.1) is 5.92 Å². The van der Waals surface area contributed by atoms with E-state index in [0.717, 1.165) is 6.42 Å². The van der Waals surface area contributed by atoms with Crippen LogP contribution in [0.3, 0.4) is 0 Å². The molecule has 0 bridgehead atoms. The van der Waals surface area contributed by atoms with E-state index in [0.29, 0.717) is 29.1 Å². The summed E-state index contributed by atoms with van der Waals surface area (Å²) in [5, 5.41) is 5.78. The topological polar surface area (TPSA) is 87.7 Å². The van der Waals surface area contributed by atoms with Gasteiger partial charge >= 0.3 is 12.0 Å². The summed E-state index contributed by atoms with van der Waals surface area (Å²) in [5.41, 5.74) is 2.30. The van der Waals surface area contributed by atoms with Gasteiger partial charge in [-0.1, -0.05) is 32.9 Å². The summed E-state index contributed by atoms with van der Waals surface area (Å²) in [7, 11) is 0. The number of ether oxygens (including phenoxy) is 1. The Morgan fingerprint density at radius 3 is 2.52 bits per heavy atom. The molecule has 0 radical (unpaired) electrons. The number of allylic oxidation sites excluding steroid dienone is 1. The fourth-order valence-electron chi connectivity index (χ4n) is 3.15. The third-order valence-corrected chi connectivity index (χ3v) is 4.62. The van der Waals surface area contributed by atoms with Gasteiger partial charge in [-0.2, -0.15) is 0 Å². The lowest BCUT2D eigenvalue weighted by Crippen LogP contribution is -2.48. The molecular weight excluding hydrogens is 370 g/mol. The molecule has 0 spiro atoms. The maximum Gasteiger partial charge on any atom is 0.338 e.